The van der Waals surface area contributed by atoms with Crippen molar-refractivity contribution in [1.29, 1.82) is 5.26 Å². The SMILES string of the molecule is N#Cc1ccccc1C(=O)N1CCCCC1CN1CCCC1. The van der Waals surface area contributed by atoms with Crippen molar-refractivity contribution >= 4 is 5.91 Å². The summed E-state index contributed by atoms with van der Waals surface area (Å²) in [7, 11) is 0. The van der Waals surface area contributed by atoms with Crippen molar-refractivity contribution in [3.05, 3.63) is 35.4 Å². The minimum Gasteiger partial charge on any atom is -0.334 e. The predicted octanol–water partition coefficient (Wildman–Crippen LogP) is 2.65. The third-order valence-electron chi connectivity index (χ3n) is 4.83. The van der Waals surface area contributed by atoms with Crippen LogP contribution in [0.25, 0.3) is 0 Å². The Morgan fingerprint density at radius 3 is 2.64 bits per heavy atom. The van der Waals surface area contributed by atoms with Gasteiger partial charge in [0.15, 0.2) is 0 Å². The fourth-order valence-electron chi connectivity index (χ4n) is 3.64. The molecule has 2 aliphatic heterocycles. The number of hydrogen-bond acceptors (Lipinski definition) is 3. The highest BCUT2D eigenvalue weighted by atomic mass is 16.2. The Morgan fingerprint density at radius 1 is 1.14 bits per heavy atom. The minimum atomic E-state index is 0.0287. The molecule has 0 radical (unpaired) electrons. The smallest absolute Gasteiger partial charge is 0.255 e. The van der Waals surface area contributed by atoms with Crippen molar-refractivity contribution < 1.29 is 4.79 Å². The van der Waals surface area contributed by atoms with Gasteiger partial charge in [-0.25, -0.2) is 0 Å². The lowest BCUT2D eigenvalue weighted by Crippen LogP contribution is -2.49. The van der Waals surface area contributed by atoms with Crippen LogP contribution >= 0.6 is 0 Å². The molecule has 2 fully saturated rings. The summed E-state index contributed by atoms with van der Waals surface area (Å²) in [5.74, 6) is 0.0287. The Morgan fingerprint density at radius 2 is 1.86 bits per heavy atom. The topological polar surface area (TPSA) is 47.3 Å². The molecule has 1 aromatic rings. The number of carbonyl (C=O) groups excluding carboxylic acids is 1. The molecule has 3 rings (SSSR count). The second-order valence-corrected chi connectivity index (χ2v) is 6.31. The molecular weight excluding hydrogens is 274 g/mol. The van der Waals surface area contributed by atoms with E-state index in [-0.39, 0.29) is 5.91 Å². The van der Waals surface area contributed by atoms with Crippen molar-refractivity contribution in [3.63, 3.8) is 0 Å². The summed E-state index contributed by atoms with van der Waals surface area (Å²) in [6, 6.07) is 9.61. The number of piperidine rings is 1. The van der Waals surface area contributed by atoms with E-state index in [0.29, 0.717) is 17.2 Å². The number of nitrogens with zero attached hydrogens (tertiary/aromatic N) is 3. The Balaban J connectivity index is 1.77. The van der Waals surface area contributed by atoms with E-state index >= 15 is 0 Å². The molecule has 1 amide bonds. The number of hydrogen-bond donors (Lipinski definition) is 0. The first-order chi connectivity index (χ1) is 10.8. The van der Waals surface area contributed by atoms with Gasteiger partial charge >= 0.3 is 0 Å². The summed E-state index contributed by atoms with van der Waals surface area (Å²) >= 11 is 0. The van der Waals surface area contributed by atoms with Crippen LogP contribution in [0.15, 0.2) is 24.3 Å². The number of nitriles is 1. The van der Waals surface area contributed by atoms with Crippen LogP contribution in [0.2, 0.25) is 0 Å². The first-order valence-electron chi connectivity index (χ1n) is 8.32. The van der Waals surface area contributed by atoms with Crippen LogP contribution in [-0.4, -0.2) is 47.9 Å². The molecule has 1 unspecified atom stereocenters. The molecule has 0 N–H and O–H groups in total. The molecule has 0 aliphatic carbocycles. The lowest BCUT2D eigenvalue weighted by atomic mass is 9.99. The standard InChI is InChI=1S/C18H23N3O/c19-13-15-7-1-2-9-17(15)18(22)21-12-4-3-8-16(21)14-20-10-5-6-11-20/h1-2,7,9,16H,3-6,8,10-12,14H2. The molecule has 0 bridgehead atoms. The molecule has 4 nitrogen and oxygen atoms in total. The average Bonchev–Trinajstić information content (AvgIpc) is 3.08. The van der Waals surface area contributed by atoms with Gasteiger partial charge in [0.1, 0.15) is 0 Å². The average molecular weight is 297 g/mol. The zero-order valence-electron chi connectivity index (χ0n) is 13.0. The van der Waals surface area contributed by atoms with Crippen LogP contribution in [0.1, 0.15) is 48.0 Å². The summed E-state index contributed by atoms with van der Waals surface area (Å²) in [6.07, 6.45) is 5.89. The highest BCUT2D eigenvalue weighted by Crippen LogP contribution is 2.23. The number of rotatable bonds is 3. The Bertz CT molecular complexity index is 572. The van der Waals surface area contributed by atoms with Gasteiger partial charge in [-0.05, 0) is 57.3 Å². The Kier molecular flexibility index (Phi) is 4.74. The normalized spacial score (nSPS) is 22.5. The summed E-state index contributed by atoms with van der Waals surface area (Å²) in [5.41, 5.74) is 1.04. The molecule has 2 saturated heterocycles. The quantitative estimate of drug-likeness (QED) is 0.861. The first-order valence-corrected chi connectivity index (χ1v) is 8.32. The lowest BCUT2D eigenvalue weighted by Gasteiger charge is -2.38. The van der Waals surface area contributed by atoms with E-state index < -0.39 is 0 Å². The van der Waals surface area contributed by atoms with E-state index in [2.05, 4.69) is 11.0 Å². The largest absolute Gasteiger partial charge is 0.334 e. The van der Waals surface area contributed by atoms with Gasteiger partial charge < -0.3 is 9.80 Å². The second kappa shape index (κ2) is 6.93. The van der Waals surface area contributed by atoms with E-state index in [9.17, 15) is 10.1 Å². The molecule has 0 saturated carbocycles. The first kappa shape index (κ1) is 15.1. The van der Waals surface area contributed by atoms with Gasteiger partial charge in [0.05, 0.1) is 17.2 Å². The summed E-state index contributed by atoms with van der Waals surface area (Å²) in [5, 5.41) is 9.23. The van der Waals surface area contributed by atoms with E-state index in [1.165, 1.54) is 19.3 Å². The highest BCUT2D eigenvalue weighted by Gasteiger charge is 2.30. The van der Waals surface area contributed by atoms with E-state index in [1.54, 1.807) is 12.1 Å². The van der Waals surface area contributed by atoms with Gasteiger partial charge in [0, 0.05) is 19.1 Å². The van der Waals surface area contributed by atoms with Crippen LogP contribution in [0, 0.1) is 11.3 Å². The van der Waals surface area contributed by atoms with Crippen LogP contribution in [-0.2, 0) is 0 Å². The number of carbonyl (C=O) groups is 1. The van der Waals surface area contributed by atoms with Crippen LogP contribution in [0.5, 0.6) is 0 Å². The van der Waals surface area contributed by atoms with Crippen molar-refractivity contribution in [2.45, 2.75) is 38.1 Å². The third-order valence-corrected chi connectivity index (χ3v) is 4.83. The Labute approximate surface area is 132 Å². The summed E-state index contributed by atoms with van der Waals surface area (Å²) in [6.45, 7) is 4.12. The number of benzene rings is 1. The van der Waals surface area contributed by atoms with Crippen LogP contribution in [0.4, 0.5) is 0 Å². The van der Waals surface area contributed by atoms with E-state index in [1.807, 2.05) is 17.0 Å². The van der Waals surface area contributed by atoms with Crippen molar-refractivity contribution in [1.82, 2.24) is 9.80 Å². The number of amides is 1. The molecule has 22 heavy (non-hydrogen) atoms. The summed E-state index contributed by atoms with van der Waals surface area (Å²) < 4.78 is 0. The van der Waals surface area contributed by atoms with Gasteiger partial charge in [0.25, 0.3) is 5.91 Å². The fourth-order valence-corrected chi connectivity index (χ4v) is 3.64. The molecule has 4 heteroatoms. The summed E-state index contributed by atoms with van der Waals surface area (Å²) in [4.78, 5) is 17.4. The zero-order chi connectivity index (χ0) is 15.4. The molecular formula is C18H23N3O. The molecule has 0 aromatic heterocycles. The van der Waals surface area contributed by atoms with E-state index in [0.717, 1.165) is 39.0 Å². The molecule has 0 spiro atoms. The lowest BCUT2D eigenvalue weighted by molar-refractivity contribution is 0.0560. The van der Waals surface area contributed by atoms with Gasteiger partial charge in [-0.1, -0.05) is 12.1 Å². The van der Waals surface area contributed by atoms with Gasteiger partial charge in [-0.3, -0.25) is 4.79 Å². The highest BCUT2D eigenvalue weighted by molar-refractivity contribution is 5.96. The van der Waals surface area contributed by atoms with Gasteiger partial charge in [-0.2, -0.15) is 5.26 Å². The maximum Gasteiger partial charge on any atom is 0.255 e. The molecule has 2 heterocycles. The van der Waals surface area contributed by atoms with Gasteiger partial charge in [0.2, 0.25) is 0 Å². The van der Waals surface area contributed by atoms with Crippen LogP contribution in [0.3, 0.4) is 0 Å². The molecule has 1 atom stereocenters. The van der Waals surface area contributed by atoms with E-state index in [4.69, 9.17) is 0 Å². The second-order valence-electron chi connectivity index (χ2n) is 6.31. The monoisotopic (exact) mass is 297 g/mol. The molecule has 116 valence electrons. The maximum absolute atomic E-state index is 12.9. The van der Waals surface area contributed by atoms with Crippen molar-refractivity contribution in [2.75, 3.05) is 26.2 Å². The fraction of sp³-hybridized carbons (Fsp3) is 0.556. The molecule has 2 aliphatic rings. The maximum atomic E-state index is 12.9. The minimum absolute atomic E-state index is 0.0287. The van der Waals surface area contributed by atoms with Crippen molar-refractivity contribution in [3.8, 4) is 6.07 Å². The Hall–Kier alpha value is -1.86. The van der Waals surface area contributed by atoms with Gasteiger partial charge in [-0.15, -0.1) is 0 Å². The molecule has 1 aromatic carbocycles. The van der Waals surface area contributed by atoms with Crippen molar-refractivity contribution in [2.24, 2.45) is 0 Å². The van der Waals surface area contributed by atoms with Crippen LogP contribution < -0.4 is 0 Å². The zero-order valence-corrected chi connectivity index (χ0v) is 13.0. The third kappa shape index (κ3) is 3.15. The number of likely N-dealkylation sites (tertiary alicyclic amines) is 2. The predicted molar refractivity (Wildman–Crippen MR) is 85.5 cm³/mol.